The summed E-state index contributed by atoms with van der Waals surface area (Å²) in [6, 6.07) is 1.26. The lowest BCUT2D eigenvalue weighted by atomic mass is 9.73. The lowest BCUT2D eigenvalue weighted by Crippen LogP contribution is -2.61. The minimum atomic E-state index is -2.00. The van der Waals surface area contributed by atoms with Crippen LogP contribution in [0.3, 0.4) is 0 Å². The molecule has 25 heteroatoms. The van der Waals surface area contributed by atoms with Crippen molar-refractivity contribution in [1.82, 2.24) is 24.8 Å². The molecule has 2 aromatic heterocycles. The maximum atomic E-state index is 14.8. The van der Waals surface area contributed by atoms with Gasteiger partial charge >= 0.3 is 17.9 Å². The van der Waals surface area contributed by atoms with E-state index in [2.05, 4.69) is 34.2 Å². The van der Waals surface area contributed by atoms with Crippen LogP contribution >= 0.6 is 11.8 Å². The van der Waals surface area contributed by atoms with E-state index in [1.807, 2.05) is 32.8 Å². The summed E-state index contributed by atoms with van der Waals surface area (Å²) in [7, 11) is 8.64. The highest BCUT2D eigenvalue weighted by Crippen LogP contribution is 2.42. The van der Waals surface area contributed by atoms with Gasteiger partial charge in [-0.05, 0) is 94.1 Å². The predicted octanol–water partition coefficient (Wildman–Crippen LogP) is 3.86. The summed E-state index contributed by atoms with van der Waals surface area (Å²) in [5, 5.41) is 68.7. The van der Waals surface area contributed by atoms with Crippen LogP contribution in [0.5, 0.6) is 0 Å². The number of nitrogens with zero attached hydrogens (tertiary/aromatic N) is 6. The molecule has 3 saturated heterocycles. The van der Waals surface area contributed by atoms with E-state index in [-0.39, 0.29) is 61.9 Å². The number of fused-ring (bicyclic) bond motifs is 1. The molecule has 0 spiro atoms. The molecule has 0 aliphatic carbocycles. The SMILES string of the molecule is CC[C@H]1OC(=O)[C@H](C)[C@@H](O[C@H]2C[C@@](C)(OC)[C@@H](OC(=O)CCNCCSc3cnc4c(c3)c(=O)c(C(=O)O)cn4N(C)C)[C@H](C)O2)[C@H](C)[C@@H](O[C@@H]2O[C@H](C)C[C@H](N(C)C)[C@H]2O)[C@](C)(O)C[C@@H](C)/C(=N\OCCN(CC)CC)[C@H](C)[C@@H](O)[C@]1(C)O. The third kappa shape index (κ3) is 17.2. The smallest absolute Gasteiger partial charge is 0.341 e. The number of cyclic esters (lactones) is 1. The Labute approximate surface area is 500 Å². The lowest BCUT2D eigenvalue weighted by molar-refractivity contribution is -0.318. The van der Waals surface area contributed by atoms with E-state index in [4.69, 9.17) is 38.0 Å². The first-order valence-electron chi connectivity index (χ1n) is 29.6. The molecular formula is C59H99N7O17S. The van der Waals surface area contributed by atoms with Crippen LogP contribution in [0, 0.1) is 23.7 Å². The highest BCUT2D eigenvalue weighted by molar-refractivity contribution is 7.99. The Hall–Kier alpha value is -4.09. The highest BCUT2D eigenvalue weighted by atomic mass is 32.2. The van der Waals surface area contributed by atoms with Crippen molar-refractivity contribution in [2.24, 2.45) is 28.8 Å². The second-order valence-electron chi connectivity index (χ2n) is 24.2. The van der Waals surface area contributed by atoms with Gasteiger partial charge in [0.15, 0.2) is 24.3 Å². The molecule has 3 fully saturated rings. The van der Waals surface area contributed by atoms with Gasteiger partial charge < -0.3 is 83.7 Å². The maximum Gasteiger partial charge on any atom is 0.341 e. The number of methoxy groups -OCH3 is 1. The number of hydrogen-bond donors (Lipinski definition) is 6. The van der Waals surface area contributed by atoms with Gasteiger partial charge in [-0.2, -0.15) is 0 Å². The third-order valence-corrected chi connectivity index (χ3v) is 18.1. The van der Waals surface area contributed by atoms with Crippen molar-refractivity contribution in [1.29, 1.82) is 0 Å². The van der Waals surface area contributed by atoms with Gasteiger partial charge in [-0.1, -0.05) is 46.7 Å². The van der Waals surface area contributed by atoms with Crippen LogP contribution in [0.4, 0.5) is 0 Å². The zero-order valence-corrected chi connectivity index (χ0v) is 53.4. The number of pyridine rings is 2. The number of aliphatic hydroxyl groups is 4. The summed E-state index contributed by atoms with van der Waals surface area (Å²) in [5.41, 5.74) is -5.32. The summed E-state index contributed by atoms with van der Waals surface area (Å²) in [6.45, 7) is 24.4. The number of oxime groups is 1. The number of rotatable bonds is 23. The summed E-state index contributed by atoms with van der Waals surface area (Å²) in [5.74, 6) is -5.63. The Bertz CT molecular complexity index is 2570. The normalized spacial score (nSPS) is 35.2. The fourth-order valence-corrected chi connectivity index (χ4v) is 12.9. The number of likely N-dealkylation sites (N-methyl/N-ethyl adjacent to an activating group) is 2. The largest absolute Gasteiger partial charge is 0.477 e. The maximum absolute atomic E-state index is 14.8. The minimum Gasteiger partial charge on any atom is -0.477 e. The molecule has 478 valence electrons. The second kappa shape index (κ2) is 30.7. The Morgan fingerprint density at radius 1 is 0.940 bits per heavy atom. The summed E-state index contributed by atoms with van der Waals surface area (Å²) in [6.07, 6.45) is -7.28. The molecule has 3 aliphatic rings. The molecule has 0 bridgehead atoms. The molecule has 24 nitrogen and oxygen atoms in total. The first kappa shape index (κ1) is 70.7. The minimum absolute atomic E-state index is 0.00157. The number of thioether (sulfide) groups is 1. The zero-order valence-electron chi connectivity index (χ0n) is 52.6. The van der Waals surface area contributed by atoms with Gasteiger partial charge in [0, 0.05) is 94.1 Å². The number of esters is 2. The van der Waals surface area contributed by atoms with E-state index in [9.17, 15) is 44.7 Å². The molecule has 0 amide bonds. The first-order chi connectivity index (χ1) is 39.4. The Kier molecular flexibility index (Phi) is 25.8. The number of aromatic nitrogens is 2. The number of hydrogen-bond acceptors (Lipinski definition) is 23. The average molecular weight is 1210 g/mol. The van der Waals surface area contributed by atoms with Crippen molar-refractivity contribution in [2.45, 2.75) is 204 Å². The van der Waals surface area contributed by atoms with Gasteiger partial charge in [0.2, 0.25) is 5.43 Å². The topological polar surface area (TPSA) is 295 Å². The Morgan fingerprint density at radius 2 is 1.62 bits per heavy atom. The molecule has 5 rings (SSSR count). The number of nitrogens with one attached hydrogen (secondary N) is 1. The predicted molar refractivity (Wildman–Crippen MR) is 318 cm³/mol. The van der Waals surface area contributed by atoms with E-state index in [1.54, 1.807) is 79.8 Å². The Balaban J connectivity index is 1.39. The van der Waals surface area contributed by atoms with Crippen molar-refractivity contribution < 1.29 is 77.9 Å². The van der Waals surface area contributed by atoms with Crippen molar-refractivity contribution in [3.8, 4) is 0 Å². The zero-order chi connectivity index (χ0) is 62.8. The molecule has 18 atom stereocenters. The Morgan fingerprint density at radius 3 is 2.23 bits per heavy atom. The number of aromatic carboxylic acids is 1. The molecule has 3 aliphatic heterocycles. The van der Waals surface area contributed by atoms with E-state index < -0.39 is 119 Å². The number of carboxylic acid groups (broad SMARTS) is 1. The molecule has 6 N–H and O–H groups in total. The summed E-state index contributed by atoms with van der Waals surface area (Å²) >= 11 is 1.41. The second-order valence-corrected chi connectivity index (χ2v) is 25.3. The lowest BCUT2D eigenvalue weighted by Gasteiger charge is -2.49. The van der Waals surface area contributed by atoms with E-state index in [1.165, 1.54) is 36.7 Å². The first-order valence-corrected chi connectivity index (χ1v) is 30.6. The molecular weight excluding hydrogens is 1110 g/mol. The van der Waals surface area contributed by atoms with Crippen LogP contribution in [0.15, 0.2) is 33.3 Å². The number of aliphatic hydroxyl groups excluding tert-OH is 2. The quantitative estimate of drug-likeness (QED) is 0.0398. The van der Waals surface area contributed by atoms with Crippen molar-refractivity contribution in [3.63, 3.8) is 0 Å². The molecule has 5 heterocycles. The fraction of sp³-hybridized carbons (Fsp3) is 0.797. The van der Waals surface area contributed by atoms with Crippen LogP contribution in [-0.4, -0.2) is 233 Å². The molecule has 0 aromatic carbocycles. The van der Waals surface area contributed by atoms with Gasteiger partial charge in [0.25, 0.3) is 0 Å². The molecule has 0 unspecified atom stereocenters. The van der Waals surface area contributed by atoms with E-state index in [0.29, 0.717) is 41.5 Å². The average Bonchev–Trinajstić information content (AvgIpc) is 2.25. The van der Waals surface area contributed by atoms with Crippen molar-refractivity contribution >= 4 is 46.4 Å². The van der Waals surface area contributed by atoms with Gasteiger partial charge in [-0.15, -0.1) is 11.8 Å². The van der Waals surface area contributed by atoms with E-state index in [0.717, 1.165) is 13.1 Å². The van der Waals surface area contributed by atoms with Gasteiger partial charge in [-0.3, -0.25) is 14.4 Å². The van der Waals surface area contributed by atoms with Crippen LogP contribution in [0.2, 0.25) is 0 Å². The van der Waals surface area contributed by atoms with Crippen molar-refractivity contribution in [3.05, 3.63) is 34.2 Å². The van der Waals surface area contributed by atoms with Crippen LogP contribution < -0.4 is 15.8 Å². The number of carbonyl (C=O) groups excluding carboxylic acids is 2. The molecule has 0 radical (unpaired) electrons. The molecule has 84 heavy (non-hydrogen) atoms. The van der Waals surface area contributed by atoms with Gasteiger partial charge in [0.05, 0.1) is 59.6 Å². The number of carbonyl (C=O) groups is 3. The third-order valence-electron chi connectivity index (χ3n) is 17.2. The fourth-order valence-electron chi connectivity index (χ4n) is 12.1. The standard InChI is InChI=1S/C59H99N7O17S/c1-18-43-59(12,75)50(70)35(6)46(62-77-25-24-65(19-2)20-3)33(4)29-57(10,74)51(83-56-48(69)42(63(13)14)27-34(5)78-56)36(7)49(37(8)55(73)80-43)82-45-30-58(11,76-17)52(38(9)79-45)81-44(67)21-22-60-23-26-84-39-28-40-47(68)41(54(71)72)32-66(64(15)16)53(40)61-31-39/h28,31-38,42-43,45,48-52,56,60,69-70,74-75H,18-27,29-30H2,1-17H3,(H,71,72)/b62-46+/t33-,34-,35+,36+,37-,38+,42+,43-,45+,48-,49+,50-,51-,52+,56+,57-,58-,59-/m1/s1. The van der Waals surface area contributed by atoms with Crippen molar-refractivity contribution in [2.75, 3.05) is 85.4 Å². The summed E-state index contributed by atoms with van der Waals surface area (Å²) < 4.78 is 46.6. The monoisotopic (exact) mass is 1210 g/mol. The van der Waals surface area contributed by atoms with Gasteiger partial charge in [0.1, 0.15) is 35.6 Å². The molecule has 2 aromatic rings. The summed E-state index contributed by atoms with van der Waals surface area (Å²) in [4.78, 5) is 68.4. The highest BCUT2D eigenvalue weighted by Gasteiger charge is 2.54. The van der Waals surface area contributed by atoms with E-state index >= 15 is 0 Å². The van der Waals surface area contributed by atoms with Crippen LogP contribution in [0.25, 0.3) is 11.0 Å². The van der Waals surface area contributed by atoms with Crippen LogP contribution in [0.1, 0.15) is 126 Å². The number of ether oxygens (including phenoxy) is 7. The molecule has 0 saturated carbocycles. The van der Waals surface area contributed by atoms with Crippen LogP contribution in [-0.2, 0) is 47.6 Å². The van der Waals surface area contributed by atoms with Gasteiger partial charge in [-0.25, -0.2) is 14.5 Å². The number of carboxylic acids is 1.